The molecule has 1 aliphatic heterocycles. The molecule has 0 radical (unpaired) electrons. The average molecular weight is 547 g/mol. The van der Waals surface area contributed by atoms with Crippen molar-refractivity contribution in [2.24, 2.45) is 0 Å². The molecule has 0 unspecified atom stereocenters. The number of nitrogens with one attached hydrogen (secondary N) is 2. The van der Waals surface area contributed by atoms with Crippen LogP contribution >= 0.6 is 24.0 Å². The maximum absolute atomic E-state index is 12.3. The standard InChI is InChI=1S/C28H26N4O4S2/c1-34-17-24(33)30-21-16-18(11-12-22(21)35-2)32-27(26(31-28(32)37)20-10-6-7-15-29-20)23-13-14-25(36-23)38-19-8-4-3-5-9-19/h3-16,26-27H,17H2,1-2H3,(H,30,33)(H,31,37)/t26-,27-/m1/s1. The monoisotopic (exact) mass is 546 g/mol. The minimum atomic E-state index is -0.335. The largest absolute Gasteiger partial charge is 0.495 e. The number of rotatable bonds is 9. The molecule has 0 aliphatic carbocycles. The summed E-state index contributed by atoms with van der Waals surface area (Å²) in [6.07, 6.45) is 1.76. The lowest BCUT2D eigenvalue weighted by Crippen LogP contribution is -2.29. The smallest absolute Gasteiger partial charge is 0.250 e. The van der Waals surface area contributed by atoms with E-state index >= 15 is 0 Å². The molecule has 0 bridgehead atoms. The van der Waals surface area contributed by atoms with Crippen LogP contribution in [-0.4, -0.2) is 36.8 Å². The van der Waals surface area contributed by atoms with E-state index in [9.17, 15) is 4.79 Å². The summed E-state index contributed by atoms with van der Waals surface area (Å²) in [4.78, 5) is 19.9. The first kappa shape index (κ1) is 25.8. The van der Waals surface area contributed by atoms with Crippen LogP contribution in [0.2, 0.25) is 0 Å². The summed E-state index contributed by atoms with van der Waals surface area (Å²) < 4.78 is 16.8. The van der Waals surface area contributed by atoms with Gasteiger partial charge in [-0.3, -0.25) is 9.78 Å². The van der Waals surface area contributed by atoms with Crippen molar-refractivity contribution in [3.63, 3.8) is 0 Å². The number of pyridine rings is 1. The number of aromatic nitrogens is 1. The van der Waals surface area contributed by atoms with Gasteiger partial charge >= 0.3 is 0 Å². The fourth-order valence-corrected chi connectivity index (χ4v) is 5.48. The normalized spacial score (nSPS) is 16.8. The molecular formula is C28H26N4O4S2. The Balaban J connectivity index is 1.53. The highest BCUT2D eigenvalue weighted by atomic mass is 32.2. The molecule has 0 spiro atoms. The number of carbonyl (C=O) groups excluding carboxylic acids is 1. The maximum atomic E-state index is 12.3. The molecule has 194 valence electrons. The first-order chi connectivity index (χ1) is 18.6. The summed E-state index contributed by atoms with van der Waals surface area (Å²) in [6.45, 7) is -0.0737. The second-order valence-electron chi connectivity index (χ2n) is 8.43. The molecule has 38 heavy (non-hydrogen) atoms. The van der Waals surface area contributed by atoms with Crippen LogP contribution in [0.1, 0.15) is 23.5 Å². The number of hydrogen-bond donors (Lipinski definition) is 2. The number of nitrogens with zero attached hydrogens (tertiary/aromatic N) is 2. The molecule has 2 N–H and O–H groups in total. The van der Waals surface area contributed by atoms with E-state index in [1.165, 1.54) is 7.11 Å². The van der Waals surface area contributed by atoms with E-state index in [0.717, 1.165) is 27.1 Å². The van der Waals surface area contributed by atoms with Crippen LogP contribution < -0.4 is 20.3 Å². The molecule has 1 aliphatic rings. The van der Waals surface area contributed by atoms with E-state index in [-0.39, 0.29) is 24.6 Å². The Labute approximate surface area is 230 Å². The lowest BCUT2D eigenvalue weighted by Gasteiger charge is -2.27. The van der Waals surface area contributed by atoms with Gasteiger partial charge in [-0.2, -0.15) is 0 Å². The predicted molar refractivity (Wildman–Crippen MR) is 151 cm³/mol. The number of methoxy groups -OCH3 is 2. The lowest BCUT2D eigenvalue weighted by molar-refractivity contribution is -0.119. The molecule has 4 aromatic rings. The van der Waals surface area contributed by atoms with E-state index in [1.807, 2.05) is 77.7 Å². The van der Waals surface area contributed by atoms with E-state index in [1.54, 1.807) is 31.1 Å². The van der Waals surface area contributed by atoms with E-state index < -0.39 is 0 Å². The summed E-state index contributed by atoms with van der Waals surface area (Å²) >= 11 is 7.37. The second kappa shape index (κ2) is 11.7. The molecule has 1 saturated heterocycles. The summed E-state index contributed by atoms with van der Waals surface area (Å²) in [5.41, 5.74) is 2.10. The minimum Gasteiger partial charge on any atom is -0.495 e. The topological polar surface area (TPSA) is 88.9 Å². The summed E-state index contributed by atoms with van der Waals surface area (Å²) in [6, 6.07) is 24.7. The molecule has 10 heteroatoms. The van der Waals surface area contributed by atoms with Gasteiger partial charge in [0.25, 0.3) is 0 Å². The van der Waals surface area contributed by atoms with Gasteiger partial charge in [0.1, 0.15) is 24.2 Å². The van der Waals surface area contributed by atoms with Gasteiger partial charge < -0.3 is 29.4 Å². The zero-order valence-electron chi connectivity index (χ0n) is 20.8. The van der Waals surface area contributed by atoms with Crippen LogP contribution in [0.5, 0.6) is 5.75 Å². The van der Waals surface area contributed by atoms with Gasteiger partial charge in [-0.1, -0.05) is 36.0 Å². The van der Waals surface area contributed by atoms with Crippen molar-refractivity contribution in [3.8, 4) is 5.75 Å². The SMILES string of the molecule is COCC(=O)Nc1cc(N2C(=S)N[C@H](c3ccccn3)[C@H]2c2ccc(Sc3ccccc3)o2)ccc1OC. The molecule has 2 atom stereocenters. The van der Waals surface area contributed by atoms with Crippen molar-refractivity contribution in [2.45, 2.75) is 22.1 Å². The zero-order valence-corrected chi connectivity index (χ0v) is 22.4. The Morgan fingerprint density at radius 3 is 2.66 bits per heavy atom. The van der Waals surface area contributed by atoms with Gasteiger partial charge in [-0.15, -0.1) is 0 Å². The van der Waals surface area contributed by atoms with Crippen molar-refractivity contribution >= 4 is 46.4 Å². The number of thiocarbonyl (C=S) groups is 1. The lowest BCUT2D eigenvalue weighted by atomic mass is 10.0. The average Bonchev–Trinajstić information content (AvgIpc) is 3.53. The summed E-state index contributed by atoms with van der Waals surface area (Å²) in [5.74, 6) is 0.961. The summed E-state index contributed by atoms with van der Waals surface area (Å²) in [5, 5.41) is 7.56. The first-order valence-corrected chi connectivity index (χ1v) is 13.1. The fraction of sp³-hybridized carbons (Fsp3) is 0.179. The van der Waals surface area contributed by atoms with Crippen LogP contribution in [-0.2, 0) is 9.53 Å². The van der Waals surface area contributed by atoms with Crippen molar-refractivity contribution in [1.82, 2.24) is 10.3 Å². The van der Waals surface area contributed by atoms with Gasteiger partial charge in [-0.05, 0) is 66.8 Å². The zero-order chi connectivity index (χ0) is 26.5. The number of furan rings is 1. The molecular weight excluding hydrogens is 520 g/mol. The van der Waals surface area contributed by atoms with Crippen LogP contribution in [0.3, 0.4) is 0 Å². The third kappa shape index (κ3) is 5.52. The van der Waals surface area contributed by atoms with Crippen LogP contribution in [0.25, 0.3) is 0 Å². The maximum Gasteiger partial charge on any atom is 0.250 e. The van der Waals surface area contributed by atoms with E-state index in [0.29, 0.717) is 16.5 Å². The molecule has 8 nitrogen and oxygen atoms in total. The third-order valence-corrected chi connectivity index (χ3v) is 7.21. The van der Waals surface area contributed by atoms with Crippen molar-refractivity contribution in [3.05, 3.63) is 96.5 Å². The molecule has 1 fully saturated rings. The Bertz CT molecular complexity index is 1410. The molecule has 2 aromatic heterocycles. The van der Waals surface area contributed by atoms with Crippen molar-refractivity contribution < 1.29 is 18.7 Å². The van der Waals surface area contributed by atoms with Crippen LogP contribution in [0, 0.1) is 0 Å². The highest BCUT2D eigenvalue weighted by Gasteiger charge is 2.42. The molecule has 3 heterocycles. The molecule has 0 saturated carbocycles. The van der Waals surface area contributed by atoms with E-state index in [2.05, 4.69) is 15.6 Å². The minimum absolute atomic E-state index is 0.0737. The van der Waals surface area contributed by atoms with Gasteiger partial charge in [0.2, 0.25) is 5.91 Å². The quantitative estimate of drug-likeness (QED) is 0.261. The Kier molecular flexibility index (Phi) is 7.92. The van der Waals surface area contributed by atoms with Gasteiger partial charge in [0, 0.05) is 23.9 Å². The molecule has 5 rings (SSSR count). The second-order valence-corrected chi connectivity index (χ2v) is 9.90. The van der Waals surface area contributed by atoms with Gasteiger partial charge in [-0.25, -0.2) is 0 Å². The van der Waals surface area contributed by atoms with Crippen molar-refractivity contribution in [2.75, 3.05) is 31.0 Å². The number of carbonyl (C=O) groups is 1. The van der Waals surface area contributed by atoms with Gasteiger partial charge in [0.15, 0.2) is 10.2 Å². The van der Waals surface area contributed by atoms with E-state index in [4.69, 9.17) is 26.1 Å². The Morgan fingerprint density at radius 1 is 1.11 bits per heavy atom. The number of benzene rings is 2. The highest BCUT2D eigenvalue weighted by molar-refractivity contribution is 7.99. The van der Waals surface area contributed by atoms with Gasteiger partial charge in [0.05, 0.1) is 24.5 Å². The van der Waals surface area contributed by atoms with Crippen molar-refractivity contribution in [1.29, 1.82) is 0 Å². The number of anilines is 2. The fourth-order valence-electron chi connectivity index (χ4n) is 4.34. The molecule has 2 aromatic carbocycles. The third-order valence-electron chi connectivity index (χ3n) is 5.96. The molecule has 1 amide bonds. The predicted octanol–water partition coefficient (Wildman–Crippen LogP) is 5.60. The Morgan fingerprint density at radius 2 is 1.92 bits per heavy atom. The first-order valence-electron chi connectivity index (χ1n) is 11.9. The van der Waals surface area contributed by atoms with Crippen LogP contribution in [0.15, 0.2) is 99.5 Å². The summed E-state index contributed by atoms with van der Waals surface area (Å²) in [7, 11) is 3.02. The number of ether oxygens (including phenoxy) is 2. The number of hydrogen-bond acceptors (Lipinski definition) is 7. The number of amides is 1. The highest BCUT2D eigenvalue weighted by Crippen LogP contribution is 2.44. The van der Waals surface area contributed by atoms with Crippen LogP contribution in [0.4, 0.5) is 11.4 Å². The Hall–Kier alpha value is -3.86.